The highest BCUT2D eigenvalue weighted by Gasteiger charge is 2.56. The Hall–Kier alpha value is -3.00. The molecule has 1 aliphatic rings. The van der Waals surface area contributed by atoms with Crippen molar-refractivity contribution in [3.8, 4) is 11.8 Å². The normalized spacial score (nSPS) is 26.4. The van der Waals surface area contributed by atoms with E-state index in [1.165, 1.54) is 10.8 Å². The first-order valence-corrected chi connectivity index (χ1v) is 12.4. The summed E-state index contributed by atoms with van der Waals surface area (Å²) in [6, 6.07) is 13.8. The van der Waals surface area contributed by atoms with Crippen LogP contribution in [0.5, 0.6) is 5.75 Å². The van der Waals surface area contributed by atoms with E-state index in [1.807, 2.05) is 19.9 Å². The van der Waals surface area contributed by atoms with E-state index >= 15 is 0 Å². The van der Waals surface area contributed by atoms with Crippen molar-refractivity contribution in [1.82, 2.24) is 19.7 Å². The Morgan fingerprint density at radius 1 is 1.35 bits per heavy atom. The molecule has 0 aliphatic carbocycles. The van der Waals surface area contributed by atoms with Crippen molar-refractivity contribution < 1.29 is 23.5 Å². The van der Waals surface area contributed by atoms with Crippen LogP contribution in [0, 0.1) is 17.2 Å². The molecular weight excluding hydrogens is 459 g/mol. The van der Waals surface area contributed by atoms with Gasteiger partial charge < -0.3 is 20.1 Å². The Labute approximate surface area is 197 Å². The van der Waals surface area contributed by atoms with Gasteiger partial charge in [0.25, 0.3) is 0 Å². The summed E-state index contributed by atoms with van der Waals surface area (Å²) in [4.78, 5) is 3.95. The van der Waals surface area contributed by atoms with E-state index in [0.717, 1.165) is 0 Å². The molecule has 12 heteroatoms. The zero-order valence-corrected chi connectivity index (χ0v) is 19.9. The summed E-state index contributed by atoms with van der Waals surface area (Å²) in [7, 11) is -3.79. The highest BCUT2D eigenvalue weighted by Crippen LogP contribution is 2.48. The molecular formula is C22H27N6O5P. The maximum Gasteiger partial charge on any atom is 0.459 e. The highest BCUT2D eigenvalue weighted by atomic mass is 31.2. The van der Waals surface area contributed by atoms with Crippen LogP contribution in [-0.4, -0.2) is 44.6 Å². The van der Waals surface area contributed by atoms with Crippen LogP contribution in [0.2, 0.25) is 0 Å². The number of nitrogens with zero attached hydrogens (tertiary/aromatic N) is 4. The van der Waals surface area contributed by atoms with Crippen molar-refractivity contribution in [2.75, 3.05) is 12.3 Å². The Balaban J connectivity index is 1.58. The summed E-state index contributed by atoms with van der Waals surface area (Å²) in [5.74, 6) is 0.0739. The highest BCUT2D eigenvalue weighted by molar-refractivity contribution is 7.52. The SMILES string of the molecule is CC(C)NP(=O)(OC[C@H]1O[C@@](C#N)(c2ccc3c(N)ncnn23)[C@H](O)[C@@H]1C)Oc1ccccc1. The number of rotatable bonds is 8. The lowest BCUT2D eigenvalue weighted by molar-refractivity contribution is -0.0613. The Morgan fingerprint density at radius 2 is 2.09 bits per heavy atom. The second kappa shape index (κ2) is 9.33. The van der Waals surface area contributed by atoms with Crippen molar-refractivity contribution >= 4 is 19.1 Å². The van der Waals surface area contributed by atoms with Crippen LogP contribution in [-0.2, 0) is 19.4 Å². The summed E-state index contributed by atoms with van der Waals surface area (Å²) in [6.45, 7) is 5.17. The average Bonchev–Trinajstić information content (AvgIpc) is 3.34. The van der Waals surface area contributed by atoms with Gasteiger partial charge in [-0.1, -0.05) is 25.1 Å². The van der Waals surface area contributed by atoms with Gasteiger partial charge in [0.15, 0.2) is 5.82 Å². The van der Waals surface area contributed by atoms with Crippen molar-refractivity contribution in [1.29, 1.82) is 5.26 Å². The summed E-state index contributed by atoms with van der Waals surface area (Å²) < 4.78 is 32.4. The number of nitrogens with two attached hydrogens (primary N) is 1. The minimum absolute atomic E-state index is 0.189. The molecule has 34 heavy (non-hydrogen) atoms. The van der Waals surface area contributed by atoms with Crippen LogP contribution in [0.15, 0.2) is 48.8 Å². The molecule has 0 radical (unpaired) electrons. The number of aromatic nitrogens is 3. The molecule has 1 saturated heterocycles. The van der Waals surface area contributed by atoms with Gasteiger partial charge in [0, 0.05) is 12.0 Å². The lowest BCUT2D eigenvalue weighted by Gasteiger charge is -2.25. The number of ether oxygens (including phenoxy) is 1. The molecule has 3 aromatic rings. The first-order valence-electron chi connectivity index (χ1n) is 10.8. The molecule has 4 N–H and O–H groups in total. The van der Waals surface area contributed by atoms with Gasteiger partial charge >= 0.3 is 7.75 Å². The first kappa shape index (κ1) is 24.1. The van der Waals surface area contributed by atoms with Gasteiger partial charge in [-0.25, -0.2) is 19.2 Å². The predicted octanol–water partition coefficient (Wildman–Crippen LogP) is 2.63. The zero-order chi connectivity index (χ0) is 24.5. The van der Waals surface area contributed by atoms with Gasteiger partial charge in [-0.2, -0.15) is 10.4 Å². The quantitative estimate of drug-likeness (QED) is 0.404. The van der Waals surface area contributed by atoms with E-state index in [9.17, 15) is 14.9 Å². The van der Waals surface area contributed by atoms with Gasteiger partial charge in [0.1, 0.15) is 29.8 Å². The number of nitrogen functional groups attached to an aromatic ring is 1. The number of anilines is 1. The summed E-state index contributed by atoms with van der Waals surface area (Å²) in [5, 5.41) is 28.2. The number of fused-ring (bicyclic) bond motifs is 1. The molecule has 0 spiro atoms. The van der Waals surface area contributed by atoms with Gasteiger partial charge in [0.2, 0.25) is 5.60 Å². The van der Waals surface area contributed by atoms with Crippen LogP contribution in [0.1, 0.15) is 26.5 Å². The van der Waals surface area contributed by atoms with Crippen molar-refractivity contribution in [3.63, 3.8) is 0 Å². The van der Waals surface area contributed by atoms with E-state index in [4.69, 9.17) is 19.5 Å². The number of benzene rings is 1. The Morgan fingerprint density at radius 3 is 2.76 bits per heavy atom. The number of nitrogens with one attached hydrogen (secondary N) is 1. The molecule has 5 atom stereocenters. The van der Waals surface area contributed by atoms with Crippen molar-refractivity contribution in [2.45, 2.75) is 44.6 Å². The zero-order valence-electron chi connectivity index (χ0n) is 19.0. The first-order chi connectivity index (χ1) is 16.2. The standard InChI is InChI=1S/C22H27N6O5P/c1-14(2)27-34(30,33-16-7-5-4-6-8-16)31-11-18-15(3)20(29)22(12-23,32-18)19-10-9-17-21(24)25-13-26-28(17)19/h4-10,13-15,18,20,29H,11H2,1-3H3,(H,27,30)(H2,24,25,26)/t15-,18-,20-,22+,34?/m1/s1. The molecule has 0 amide bonds. The third-order valence-corrected chi connectivity index (χ3v) is 7.43. The Bertz CT molecular complexity index is 1250. The second-order valence-corrected chi connectivity index (χ2v) is 10.1. The Kier molecular flexibility index (Phi) is 6.62. The fourth-order valence-electron chi connectivity index (χ4n) is 3.97. The van der Waals surface area contributed by atoms with E-state index in [2.05, 4.69) is 21.2 Å². The molecule has 1 aromatic carbocycles. The number of hydrogen-bond donors (Lipinski definition) is 3. The largest absolute Gasteiger partial charge is 0.459 e. The second-order valence-electron chi connectivity index (χ2n) is 8.45. The third-order valence-electron chi connectivity index (χ3n) is 5.66. The van der Waals surface area contributed by atoms with Gasteiger partial charge in [0.05, 0.1) is 18.4 Å². The summed E-state index contributed by atoms with van der Waals surface area (Å²) in [5.41, 5.74) is 4.96. The molecule has 1 unspecified atom stereocenters. The molecule has 4 rings (SSSR count). The van der Waals surface area contributed by atoms with Gasteiger partial charge in [-0.3, -0.25) is 4.52 Å². The van der Waals surface area contributed by atoms with Crippen LogP contribution in [0.25, 0.3) is 5.52 Å². The number of para-hydroxylation sites is 1. The minimum Gasteiger partial charge on any atom is -0.413 e. The number of aliphatic hydroxyl groups is 1. The lowest BCUT2D eigenvalue weighted by Crippen LogP contribution is -2.38. The predicted molar refractivity (Wildman–Crippen MR) is 124 cm³/mol. The number of nitriles is 1. The maximum atomic E-state index is 13.4. The molecule has 1 aliphatic heterocycles. The maximum absolute atomic E-state index is 13.4. The number of hydrogen-bond acceptors (Lipinski definition) is 9. The van der Waals surface area contributed by atoms with Crippen LogP contribution in [0.4, 0.5) is 5.82 Å². The molecule has 0 bridgehead atoms. The summed E-state index contributed by atoms with van der Waals surface area (Å²) >= 11 is 0. The van der Waals surface area contributed by atoms with E-state index < -0.39 is 31.5 Å². The monoisotopic (exact) mass is 486 g/mol. The molecule has 3 heterocycles. The van der Waals surface area contributed by atoms with E-state index in [1.54, 1.807) is 43.3 Å². The molecule has 11 nitrogen and oxygen atoms in total. The van der Waals surface area contributed by atoms with Crippen molar-refractivity contribution in [2.24, 2.45) is 5.92 Å². The molecule has 2 aromatic heterocycles. The third kappa shape index (κ3) is 4.39. The van der Waals surface area contributed by atoms with Crippen LogP contribution >= 0.6 is 7.75 Å². The molecule has 180 valence electrons. The van der Waals surface area contributed by atoms with Crippen LogP contribution < -0.4 is 15.3 Å². The molecule has 1 fully saturated rings. The lowest BCUT2D eigenvalue weighted by atomic mass is 9.88. The van der Waals surface area contributed by atoms with Gasteiger partial charge in [-0.05, 0) is 38.1 Å². The van der Waals surface area contributed by atoms with Crippen molar-refractivity contribution in [3.05, 3.63) is 54.5 Å². The van der Waals surface area contributed by atoms with Crippen LogP contribution in [0.3, 0.4) is 0 Å². The number of aliphatic hydroxyl groups excluding tert-OH is 1. The van der Waals surface area contributed by atoms with E-state index in [-0.39, 0.29) is 18.5 Å². The fraction of sp³-hybridized carbons (Fsp3) is 0.409. The molecule has 0 saturated carbocycles. The van der Waals surface area contributed by atoms with Gasteiger partial charge in [-0.15, -0.1) is 0 Å². The summed E-state index contributed by atoms with van der Waals surface area (Å²) in [6.07, 6.45) is -0.717. The smallest absolute Gasteiger partial charge is 0.413 e. The minimum atomic E-state index is -3.79. The fourth-order valence-corrected chi connectivity index (χ4v) is 5.52. The average molecular weight is 486 g/mol. The van der Waals surface area contributed by atoms with E-state index in [0.29, 0.717) is 17.0 Å². The topological polar surface area (TPSA) is 157 Å².